The van der Waals surface area contributed by atoms with E-state index in [1.54, 1.807) is 16.8 Å². The molecule has 0 unspecified atom stereocenters. The lowest BCUT2D eigenvalue weighted by atomic mass is 9.97. The lowest BCUT2D eigenvalue weighted by Gasteiger charge is -2.33. The molecule has 18 heavy (non-hydrogen) atoms. The number of carbonyl (C=O) groups is 2. The number of rotatable bonds is 5. The minimum absolute atomic E-state index is 0.00269. The van der Waals surface area contributed by atoms with Gasteiger partial charge in [-0.25, -0.2) is 4.79 Å². The molecule has 0 aromatic rings. The predicted molar refractivity (Wildman–Crippen MR) is 69.4 cm³/mol. The first-order chi connectivity index (χ1) is 8.56. The molecule has 5 heteroatoms. The van der Waals surface area contributed by atoms with Crippen molar-refractivity contribution in [2.24, 2.45) is 5.92 Å². The van der Waals surface area contributed by atoms with Crippen LogP contribution in [0.1, 0.15) is 25.7 Å². The summed E-state index contributed by atoms with van der Waals surface area (Å²) in [5.74, 6) is -1.04. The van der Waals surface area contributed by atoms with Crippen molar-refractivity contribution in [2.75, 3.05) is 26.7 Å². The Labute approximate surface area is 108 Å². The molecule has 0 bridgehead atoms. The van der Waals surface area contributed by atoms with Crippen molar-refractivity contribution >= 4 is 12.0 Å². The van der Waals surface area contributed by atoms with Crippen molar-refractivity contribution in [1.82, 2.24) is 9.80 Å². The predicted octanol–water partition coefficient (Wildman–Crippen LogP) is 1.80. The molecule has 0 atom stereocenters. The van der Waals surface area contributed by atoms with Crippen molar-refractivity contribution in [3.05, 3.63) is 12.7 Å². The number of hydrogen-bond acceptors (Lipinski definition) is 2. The maximum atomic E-state index is 12.0. The monoisotopic (exact) mass is 254 g/mol. The second-order valence-corrected chi connectivity index (χ2v) is 4.73. The van der Waals surface area contributed by atoms with Crippen LogP contribution >= 0.6 is 0 Å². The van der Waals surface area contributed by atoms with Gasteiger partial charge in [-0.05, 0) is 25.7 Å². The molecule has 1 rings (SSSR count). The van der Waals surface area contributed by atoms with Gasteiger partial charge in [-0.15, -0.1) is 6.58 Å². The normalized spacial score (nSPS) is 16.4. The number of nitrogens with zero attached hydrogens (tertiary/aromatic N) is 2. The topological polar surface area (TPSA) is 60.9 Å². The van der Waals surface area contributed by atoms with Crippen LogP contribution in [-0.2, 0) is 4.79 Å². The number of urea groups is 1. The van der Waals surface area contributed by atoms with Crippen LogP contribution in [0.5, 0.6) is 0 Å². The Hall–Kier alpha value is -1.52. The van der Waals surface area contributed by atoms with Crippen LogP contribution in [0.2, 0.25) is 0 Å². The largest absolute Gasteiger partial charge is 0.481 e. The van der Waals surface area contributed by atoms with Gasteiger partial charge < -0.3 is 14.9 Å². The molecule has 1 aliphatic rings. The van der Waals surface area contributed by atoms with E-state index in [1.165, 1.54) is 0 Å². The van der Waals surface area contributed by atoms with Crippen LogP contribution in [-0.4, -0.2) is 53.6 Å². The van der Waals surface area contributed by atoms with Gasteiger partial charge in [0.15, 0.2) is 0 Å². The Bertz CT molecular complexity index is 309. The summed E-state index contributed by atoms with van der Waals surface area (Å²) in [6.07, 6.45) is 4.77. The molecule has 1 aliphatic heterocycles. The van der Waals surface area contributed by atoms with Crippen LogP contribution in [0.4, 0.5) is 4.79 Å². The van der Waals surface area contributed by atoms with E-state index in [0.717, 1.165) is 12.8 Å². The molecule has 0 radical (unpaired) electrons. The van der Waals surface area contributed by atoms with E-state index >= 15 is 0 Å². The smallest absolute Gasteiger partial charge is 0.319 e. The number of hydrogen-bond donors (Lipinski definition) is 1. The summed E-state index contributed by atoms with van der Waals surface area (Å²) >= 11 is 0. The second-order valence-electron chi connectivity index (χ2n) is 4.73. The van der Waals surface area contributed by atoms with Gasteiger partial charge in [0.2, 0.25) is 0 Å². The van der Waals surface area contributed by atoms with E-state index in [2.05, 4.69) is 6.58 Å². The quantitative estimate of drug-likeness (QED) is 0.601. The fourth-order valence-corrected chi connectivity index (χ4v) is 2.13. The first-order valence-electron chi connectivity index (χ1n) is 6.40. The molecule has 1 fully saturated rings. The van der Waals surface area contributed by atoms with Gasteiger partial charge in [0.1, 0.15) is 0 Å². The highest BCUT2D eigenvalue weighted by Gasteiger charge is 2.28. The highest BCUT2D eigenvalue weighted by Crippen LogP contribution is 2.18. The standard InChI is InChI=1S/C13H22N2O3/c1-3-4-5-8-14(2)13(18)15-9-6-11(7-10-15)12(16)17/h3,11H,1,4-10H2,2H3,(H,16,17). The lowest BCUT2D eigenvalue weighted by Crippen LogP contribution is -2.46. The van der Waals surface area contributed by atoms with E-state index in [1.807, 2.05) is 6.08 Å². The average molecular weight is 254 g/mol. The molecule has 2 amide bonds. The number of piperidine rings is 1. The van der Waals surface area contributed by atoms with Crippen LogP contribution < -0.4 is 0 Å². The number of carboxylic acid groups (broad SMARTS) is 1. The summed E-state index contributed by atoms with van der Waals surface area (Å²) in [5.41, 5.74) is 0. The third-order valence-corrected chi connectivity index (χ3v) is 3.34. The molecule has 1 heterocycles. The number of carbonyl (C=O) groups excluding carboxylic acids is 1. The van der Waals surface area contributed by atoms with Crippen molar-refractivity contribution in [3.8, 4) is 0 Å². The van der Waals surface area contributed by atoms with E-state index in [-0.39, 0.29) is 11.9 Å². The fourth-order valence-electron chi connectivity index (χ4n) is 2.13. The molecule has 0 aliphatic carbocycles. The number of carboxylic acids is 1. The molecule has 1 saturated heterocycles. The first-order valence-corrected chi connectivity index (χ1v) is 6.40. The van der Waals surface area contributed by atoms with Gasteiger partial charge in [-0.3, -0.25) is 4.79 Å². The molecule has 1 N–H and O–H groups in total. The summed E-state index contributed by atoms with van der Waals surface area (Å²) in [7, 11) is 1.79. The third-order valence-electron chi connectivity index (χ3n) is 3.34. The van der Waals surface area contributed by atoms with E-state index in [4.69, 9.17) is 5.11 Å². The van der Waals surface area contributed by atoms with Gasteiger partial charge >= 0.3 is 12.0 Å². The zero-order chi connectivity index (χ0) is 13.5. The third kappa shape index (κ3) is 4.05. The SMILES string of the molecule is C=CCCCN(C)C(=O)N1CCC(C(=O)O)CC1. The Morgan fingerprint density at radius 1 is 1.44 bits per heavy atom. The van der Waals surface area contributed by atoms with Crippen molar-refractivity contribution in [2.45, 2.75) is 25.7 Å². The van der Waals surface area contributed by atoms with Gasteiger partial charge in [-0.1, -0.05) is 6.08 Å². The summed E-state index contributed by atoms with van der Waals surface area (Å²) < 4.78 is 0. The van der Waals surface area contributed by atoms with Gasteiger partial charge in [0.25, 0.3) is 0 Å². The van der Waals surface area contributed by atoms with Crippen molar-refractivity contribution in [3.63, 3.8) is 0 Å². The number of unbranched alkanes of at least 4 members (excludes halogenated alkanes) is 1. The summed E-state index contributed by atoms with van der Waals surface area (Å²) in [4.78, 5) is 26.3. The Kier molecular flexibility index (Phi) is 5.68. The van der Waals surface area contributed by atoms with Crippen LogP contribution in [0.15, 0.2) is 12.7 Å². The van der Waals surface area contributed by atoms with Gasteiger partial charge in [-0.2, -0.15) is 0 Å². The van der Waals surface area contributed by atoms with E-state index in [0.29, 0.717) is 32.5 Å². The van der Waals surface area contributed by atoms with Crippen molar-refractivity contribution in [1.29, 1.82) is 0 Å². The molecule has 0 aromatic carbocycles. The number of aliphatic carboxylic acids is 1. The zero-order valence-corrected chi connectivity index (χ0v) is 11.0. The second kappa shape index (κ2) is 7.03. The lowest BCUT2D eigenvalue weighted by molar-refractivity contribution is -0.143. The van der Waals surface area contributed by atoms with Gasteiger partial charge in [0, 0.05) is 26.7 Å². The maximum Gasteiger partial charge on any atom is 0.319 e. The summed E-state index contributed by atoms with van der Waals surface area (Å²) in [5, 5.41) is 8.89. The maximum absolute atomic E-state index is 12.0. The molecule has 102 valence electrons. The molecule has 5 nitrogen and oxygen atoms in total. The van der Waals surface area contributed by atoms with E-state index in [9.17, 15) is 9.59 Å². The summed E-state index contributed by atoms with van der Waals surface area (Å²) in [6, 6.07) is 0.00269. The minimum Gasteiger partial charge on any atom is -0.481 e. The number of amides is 2. The van der Waals surface area contributed by atoms with Crippen LogP contribution in [0.3, 0.4) is 0 Å². The molecular formula is C13H22N2O3. The van der Waals surface area contributed by atoms with Crippen LogP contribution in [0.25, 0.3) is 0 Å². The molecule has 0 aromatic heterocycles. The summed E-state index contributed by atoms with van der Waals surface area (Å²) in [6.45, 7) is 5.45. The minimum atomic E-state index is -0.749. The Morgan fingerprint density at radius 3 is 2.56 bits per heavy atom. The number of allylic oxidation sites excluding steroid dienone is 1. The highest BCUT2D eigenvalue weighted by atomic mass is 16.4. The fraction of sp³-hybridized carbons (Fsp3) is 0.692. The first kappa shape index (κ1) is 14.5. The Balaban J connectivity index is 2.34. The van der Waals surface area contributed by atoms with E-state index < -0.39 is 5.97 Å². The molecule has 0 spiro atoms. The average Bonchev–Trinajstić information content (AvgIpc) is 2.38. The van der Waals surface area contributed by atoms with Crippen LogP contribution in [0, 0.1) is 5.92 Å². The molecular weight excluding hydrogens is 232 g/mol. The highest BCUT2D eigenvalue weighted by molar-refractivity contribution is 5.75. The van der Waals surface area contributed by atoms with Crippen molar-refractivity contribution < 1.29 is 14.7 Å². The molecule has 0 saturated carbocycles. The van der Waals surface area contributed by atoms with Gasteiger partial charge in [0.05, 0.1) is 5.92 Å². The zero-order valence-electron chi connectivity index (χ0n) is 11.0. The number of likely N-dealkylation sites (tertiary alicyclic amines) is 1. The Morgan fingerprint density at radius 2 is 2.06 bits per heavy atom.